The summed E-state index contributed by atoms with van der Waals surface area (Å²) < 4.78 is 12.9. The second-order valence-corrected chi connectivity index (χ2v) is 6.16. The van der Waals surface area contributed by atoms with Gasteiger partial charge in [-0.3, -0.25) is 4.90 Å². The van der Waals surface area contributed by atoms with E-state index in [2.05, 4.69) is 15.9 Å². The normalized spacial score (nSPS) is 16.6. The molecule has 0 unspecified atom stereocenters. The number of phenolic OH excluding ortho intramolecular Hbond substituents is 1. The third-order valence-electron chi connectivity index (χ3n) is 4.41. The molecular formula is C19H23FN2O. The quantitative estimate of drug-likeness (QED) is 0.919. The molecule has 2 aromatic rings. The van der Waals surface area contributed by atoms with Gasteiger partial charge in [0.25, 0.3) is 0 Å². The zero-order valence-electron chi connectivity index (χ0n) is 13.3. The average molecular weight is 314 g/mol. The fraction of sp³-hybridized carbons (Fsp3) is 0.368. The van der Waals surface area contributed by atoms with Crippen molar-refractivity contribution in [3.8, 4) is 5.75 Å². The molecule has 1 heterocycles. The number of nitrogens with zero attached hydrogens (tertiary/aromatic N) is 2. The summed E-state index contributed by atoms with van der Waals surface area (Å²) in [5.74, 6) is 0.162. The molecule has 0 radical (unpaired) electrons. The van der Waals surface area contributed by atoms with Crippen molar-refractivity contribution in [3.63, 3.8) is 0 Å². The van der Waals surface area contributed by atoms with Gasteiger partial charge in [-0.1, -0.05) is 24.3 Å². The number of hydrogen-bond acceptors (Lipinski definition) is 3. The molecule has 0 amide bonds. The molecule has 1 aliphatic rings. The number of hydrogen-bond donors (Lipinski definition) is 1. The zero-order chi connectivity index (χ0) is 16.1. The molecule has 1 aliphatic heterocycles. The first-order valence-corrected chi connectivity index (χ1v) is 8.16. The summed E-state index contributed by atoms with van der Waals surface area (Å²) in [5, 5.41) is 9.53. The Morgan fingerprint density at radius 3 is 2.26 bits per heavy atom. The molecule has 2 aromatic carbocycles. The van der Waals surface area contributed by atoms with Crippen LogP contribution < -0.4 is 0 Å². The molecule has 1 fully saturated rings. The third-order valence-corrected chi connectivity index (χ3v) is 4.41. The van der Waals surface area contributed by atoms with E-state index in [0.29, 0.717) is 5.75 Å². The fourth-order valence-corrected chi connectivity index (χ4v) is 3.02. The highest BCUT2D eigenvalue weighted by molar-refractivity contribution is 5.27. The number of aromatic hydroxyl groups is 1. The lowest BCUT2D eigenvalue weighted by molar-refractivity contribution is 0.128. The molecule has 0 bridgehead atoms. The Kier molecular flexibility index (Phi) is 5.26. The standard InChI is InChI=1S/C19H23FN2O/c20-18-6-4-16(5-7-18)8-9-21-10-12-22(13-11-21)15-17-2-1-3-19(23)14-17/h1-7,14,23H,8-13,15H2. The van der Waals surface area contributed by atoms with Crippen LogP contribution in [0.4, 0.5) is 4.39 Å². The molecule has 122 valence electrons. The van der Waals surface area contributed by atoms with Gasteiger partial charge in [0.1, 0.15) is 11.6 Å². The first-order chi connectivity index (χ1) is 11.2. The van der Waals surface area contributed by atoms with Crippen molar-refractivity contribution in [1.82, 2.24) is 9.80 Å². The van der Waals surface area contributed by atoms with Crippen molar-refractivity contribution in [2.75, 3.05) is 32.7 Å². The van der Waals surface area contributed by atoms with Crippen molar-refractivity contribution in [3.05, 3.63) is 65.5 Å². The summed E-state index contributed by atoms with van der Waals surface area (Å²) in [7, 11) is 0. The highest BCUT2D eigenvalue weighted by Gasteiger charge is 2.16. The summed E-state index contributed by atoms with van der Waals surface area (Å²) >= 11 is 0. The van der Waals surface area contributed by atoms with Gasteiger partial charge in [-0.2, -0.15) is 0 Å². The Hall–Kier alpha value is -1.91. The second kappa shape index (κ2) is 7.57. The Morgan fingerprint density at radius 1 is 0.870 bits per heavy atom. The minimum absolute atomic E-state index is 0.172. The SMILES string of the molecule is Oc1cccc(CN2CCN(CCc3ccc(F)cc3)CC2)c1. The minimum atomic E-state index is -0.172. The molecular weight excluding hydrogens is 291 g/mol. The molecule has 1 saturated heterocycles. The van der Waals surface area contributed by atoms with Crippen LogP contribution in [0.3, 0.4) is 0 Å². The lowest BCUT2D eigenvalue weighted by Gasteiger charge is -2.34. The maximum absolute atomic E-state index is 12.9. The number of rotatable bonds is 5. The predicted molar refractivity (Wildman–Crippen MR) is 89.9 cm³/mol. The van der Waals surface area contributed by atoms with Crippen LogP contribution in [0.2, 0.25) is 0 Å². The topological polar surface area (TPSA) is 26.7 Å². The summed E-state index contributed by atoms with van der Waals surface area (Å²) in [6, 6.07) is 14.3. The van der Waals surface area contributed by atoms with Crippen molar-refractivity contribution in [2.24, 2.45) is 0 Å². The first-order valence-electron chi connectivity index (χ1n) is 8.16. The first kappa shape index (κ1) is 16.0. The maximum Gasteiger partial charge on any atom is 0.123 e. The molecule has 0 saturated carbocycles. The van der Waals surface area contributed by atoms with Crippen molar-refractivity contribution in [1.29, 1.82) is 0 Å². The van der Waals surface area contributed by atoms with Gasteiger partial charge in [-0.05, 0) is 41.8 Å². The van der Waals surface area contributed by atoms with Crippen LogP contribution in [0.25, 0.3) is 0 Å². The summed E-state index contributed by atoms with van der Waals surface area (Å²) in [5.41, 5.74) is 2.35. The van der Waals surface area contributed by atoms with E-state index >= 15 is 0 Å². The van der Waals surface area contributed by atoms with Crippen LogP contribution in [-0.4, -0.2) is 47.6 Å². The van der Waals surface area contributed by atoms with Gasteiger partial charge >= 0.3 is 0 Å². The summed E-state index contributed by atoms with van der Waals surface area (Å²) in [4.78, 5) is 4.88. The van der Waals surface area contributed by atoms with Crippen LogP contribution in [0.15, 0.2) is 48.5 Å². The van der Waals surface area contributed by atoms with Crippen LogP contribution in [0, 0.1) is 5.82 Å². The van der Waals surface area contributed by atoms with E-state index in [9.17, 15) is 9.50 Å². The molecule has 1 N–H and O–H groups in total. The van der Waals surface area contributed by atoms with Gasteiger partial charge in [-0.25, -0.2) is 4.39 Å². The van der Waals surface area contributed by atoms with Crippen LogP contribution in [-0.2, 0) is 13.0 Å². The van der Waals surface area contributed by atoms with Gasteiger partial charge < -0.3 is 10.0 Å². The Balaban J connectivity index is 1.42. The monoisotopic (exact) mass is 314 g/mol. The van der Waals surface area contributed by atoms with E-state index in [-0.39, 0.29) is 5.82 Å². The summed E-state index contributed by atoms with van der Waals surface area (Å²) in [6.45, 7) is 6.10. The highest BCUT2D eigenvalue weighted by atomic mass is 19.1. The molecule has 0 aromatic heterocycles. The highest BCUT2D eigenvalue weighted by Crippen LogP contribution is 2.14. The van der Waals surface area contributed by atoms with Gasteiger partial charge in [0.05, 0.1) is 0 Å². The molecule has 0 aliphatic carbocycles. The third kappa shape index (κ3) is 4.78. The molecule has 4 heteroatoms. The van der Waals surface area contributed by atoms with E-state index in [1.54, 1.807) is 6.07 Å². The number of piperazine rings is 1. The van der Waals surface area contributed by atoms with Gasteiger partial charge in [0.15, 0.2) is 0 Å². The second-order valence-electron chi connectivity index (χ2n) is 6.16. The Bertz CT molecular complexity index is 622. The largest absolute Gasteiger partial charge is 0.508 e. The van der Waals surface area contributed by atoms with Crippen LogP contribution >= 0.6 is 0 Å². The van der Waals surface area contributed by atoms with Crippen LogP contribution in [0.1, 0.15) is 11.1 Å². The Labute approximate surface area is 137 Å². The molecule has 3 rings (SSSR count). The van der Waals surface area contributed by atoms with E-state index in [4.69, 9.17) is 0 Å². The molecule has 23 heavy (non-hydrogen) atoms. The predicted octanol–water partition coefficient (Wildman–Crippen LogP) is 2.89. The average Bonchev–Trinajstić information content (AvgIpc) is 2.56. The zero-order valence-corrected chi connectivity index (χ0v) is 13.3. The van der Waals surface area contributed by atoms with E-state index < -0.39 is 0 Å². The summed E-state index contributed by atoms with van der Waals surface area (Å²) in [6.07, 6.45) is 0.965. The molecule has 3 nitrogen and oxygen atoms in total. The van der Waals surface area contributed by atoms with Crippen molar-refractivity contribution in [2.45, 2.75) is 13.0 Å². The van der Waals surface area contributed by atoms with Gasteiger partial charge in [-0.15, -0.1) is 0 Å². The van der Waals surface area contributed by atoms with E-state index in [1.807, 2.05) is 24.3 Å². The number of benzene rings is 2. The Morgan fingerprint density at radius 2 is 1.57 bits per heavy atom. The lowest BCUT2D eigenvalue weighted by Crippen LogP contribution is -2.46. The number of phenols is 1. The van der Waals surface area contributed by atoms with Crippen LogP contribution in [0.5, 0.6) is 5.75 Å². The van der Waals surface area contributed by atoms with E-state index in [0.717, 1.165) is 51.3 Å². The lowest BCUT2D eigenvalue weighted by atomic mass is 10.1. The molecule has 0 spiro atoms. The fourth-order valence-electron chi connectivity index (χ4n) is 3.02. The minimum Gasteiger partial charge on any atom is -0.508 e. The van der Waals surface area contributed by atoms with Gasteiger partial charge in [0.2, 0.25) is 0 Å². The van der Waals surface area contributed by atoms with Crippen molar-refractivity contribution < 1.29 is 9.50 Å². The molecule has 0 atom stereocenters. The van der Waals surface area contributed by atoms with Crippen molar-refractivity contribution >= 4 is 0 Å². The number of halogens is 1. The van der Waals surface area contributed by atoms with E-state index in [1.165, 1.54) is 17.7 Å². The smallest absolute Gasteiger partial charge is 0.123 e. The van der Waals surface area contributed by atoms with Gasteiger partial charge in [0, 0.05) is 39.3 Å². The maximum atomic E-state index is 12.9.